The van der Waals surface area contributed by atoms with Crippen molar-refractivity contribution < 1.29 is 4.74 Å². The van der Waals surface area contributed by atoms with Crippen LogP contribution in [-0.2, 0) is 4.74 Å². The molecule has 1 aliphatic heterocycles. The Kier molecular flexibility index (Phi) is 0.696. The summed E-state index contributed by atoms with van der Waals surface area (Å²) in [6.07, 6.45) is 2.60. The summed E-state index contributed by atoms with van der Waals surface area (Å²) >= 11 is 0. The molecule has 0 amide bonds. The Morgan fingerprint density at radius 3 is 2.73 bits per heavy atom. The molecular weight excluding hydrogens is 136 g/mol. The largest absolute Gasteiger partial charge is 0.480 e. The molecule has 1 heteroatoms. The van der Waals surface area contributed by atoms with Crippen molar-refractivity contribution in [2.24, 2.45) is 11.3 Å². The fourth-order valence-electron chi connectivity index (χ4n) is 2.72. The molecule has 1 heterocycles. The lowest BCUT2D eigenvalue weighted by Gasteiger charge is -2.04. The van der Waals surface area contributed by atoms with Crippen LogP contribution in [0.3, 0.4) is 0 Å². The third-order valence-corrected chi connectivity index (χ3v) is 3.75. The smallest absolute Gasteiger partial charge is 0.162 e. The minimum atomic E-state index is 0.194. The predicted molar refractivity (Wildman–Crippen MR) is 43.0 cm³/mol. The number of rotatable bonds is 0. The van der Waals surface area contributed by atoms with Crippen molar-refractivity contribution in [2.45, 2.75) is 39.2 Å². The second-order valence-corrected chi connectivity index (χ2v) is 4.89. The zero-order chi connectivity index (χ0) is 7.85. The monoisotopic (exact) mass is 150 g/mol. The molecule has 2 aliphatic carbocycles. The van der Waals surface area contributed by atoms with Crippen LogP contribution < -0.4 is 0 Å². The van der Waals surface area contributed by atoms with Gasteiger partial charge in [-0.3, -0.25) is 0 Å². The van der Waals surface area contributed by atoms with Gasteiger partial charge in [-0.05, 0) is 36.7 Å². The van der Waals surface area contributed by atoms with Gasteiger partial charge in [0.15, 0.2) is 5.60 Å². The summed E-state index contributed by atoms with van der Waals surface area (Å²) < 4.78 is 5.63. The van der Waals surface area contributed by atoms with Crippen molar-refractivity contribution in [3.8, 4) is 0 Å². The number of hydrogen-bond acceptors (Lipinski definition) is 1. The molecule has 0 aromatic rings. The first-order chi connectivity index (χ1) is 5.06. The summed E-state index contributed by atoms with van der Waals surface area (Å²) in [5.74, 6) is 2.21. The van der Waals surface area contributed by atoms with E-state index < -0.39 is 0 Å². The Labute approximate surface area is 67.4 Å². The number of ether oxygens (including phenoxy) is 1. The zero-order valence-electron chi connectivity index (χ0n) is 7.40. The number of epoxide rings is 1. The molecule has 0 bridgehead atoms. The zero-order valence-corrected chi connectivity index (χ0v) is 7.40. The van der Waals surface area contributed by atoms with Crippen LogP contribution in [0, 0.1) is 11.3 Å². The van der Waals surface area contributed by atoms with E-state index >= 15 is 0 Å². The maximum atomic E-state index is 5.63. The summed E-state index contributed by atoms with van der Waals surface area (Å²) in [6.45, 7) is 6.90. The van der Waals surface area contributed by atoms with Gasteiger partial charge in [0, 0.05) is 0 Å². The van der Waals surface area contributed by atoms with Crippen molar-refractivity contribution in [3.05, 3.63) is 11.3 Å². The summed E-state index contributed by atoms with van der Waals surface area (Å²) in [5.41, 5.74) is 2.31. The lowest BCUT2D eigenvalue weighted by atomic mass is 9.97. The highest BCUT2D eigenvalue weighted by Gasteiger charge is 2.66. The van der Waals surface area contributed by atoms with E-state index in [9.17, 15) is 0 Å². The van der Waals surface area contributed by atoms with Crippen LogP contribution in [-0.4, -0.2) is 5.60 Å². The maximum absolute atomic E-state index is 5.63. The van der Waals surface area contributed by atoms with E-state index in [2.05, 4.69) is 20.8 Å². The third kappa shape index (κ3) is 0.512. The molecule has 3 rings (SSSR count). The van der Waals surface area contributed by atoms with Crippen LogP contribution in [0.4, 0.5) is 0 Å². The Balaban J connectivity index is 2.10. The van der Waals surface area contributed by atoms with E-state index in [0.717, 1.165) is 5.92 Å². The summed E-state index contributed by atoms with van der Waals surface area (Å²) in [6, 6.07) is 0. The first kappa shape index (κ1) is 6.10. The van der Waals surface area contributed by atoms with Crippen LogP contribution in [0.25, 0.3) is 0 Å². The molecule has 0 N–H and O–H groups in total. The molecule has 0 radical (unpaired) electrons. The summed E-state index contributed by atoms with van der Waals surface area (Å²) in [4.78, 5) is 0. The highest BCUT2D eigenvalue weighted by molar-refractivity contribution is 5.48. The van der Waals surface area contributed by atoms with E-state index in [1.807, 2.05) is 0 Å². The average molecular weight is 150 g/mol. The highest BCUT2D eigenvalue weighted by Crippen LogP contribution is 2.70. The summed E-state index contributed by atoms with van der Waals surface area (Å²) in [7, 11) is 0. The minimum absolute atomic E-state index is 0.194. The molecule has 0 spiro atoms. The van der Waals surface area contributed by atoms with Crippen LogP contribution in [0.2, 0.25) is 0 Å². The topological polar surface area (TPSA) is 12.5 Å². The van der Waals surface area contributed by atoms with Gasteiger partial charge in [0.05, 0.1) is 0 Å². The van der Waals surface area contributed by atoms with Crippen LogP contribution in [0.1, 0.15) is 33.6 Å². The fraction of sp³-hybridized carbons (Fsp3) is 0.800. The predicted octanol–water partition coefficient (Wildman–Crippen LogP) is 2.48. The molecule has 0 aromatic carbocycles. The van der Waals surface area contributed by atoms with Gasteiger partial charge in [-0.15, -0.1) is 0 Å². The Morgan fingerprint density at radius 1 is 1.36 bits per heavy atom. The lowest BCUT2D eigenvalue weighted by molar-refractivity contribution is 0.301. The van der Waals surface area contributed by atoms with E-state index in [0.29, 0.717) is 5.41 Å². The molecule has 1 saturated carbocycles. The van der Waals surface area contributed by atoms with E-state index in [-0.39, 0.29) is 5.60 Å². The molecule has 2 unspecified atom stereocenters. The highest BCUT2D eigenvalue weighted by atomic mass is 16.6. The molecule has 0 aromatic heterocycles. The van der Waals surface area contributed by atoms with Gasteiger partial charge in [0.25, 0.3) is 0 Å². The first-order valence-corrected chi connectivity index (χ1v) is 4.50. The van der Waals surface area contributed by atoms with Crippen molar-refractivity contribution in [1.82, 2.24) is 0 Å². The van der Waals surface area contributed by atoms with Gasteiger partial charge in [0.1, 0.15) is 5.76 Å². The first-order valence-electron chi connectivity index (χ1n) is 4.50. The second-order valence-electron chi connectivity index (χ2n) is 4.89. The fourth-order valence-corrected chi connectivity index (χ4v) is 2.72. The molecule has 1 saturated heterocycles. The van der Waals surface area contributed by atoms with Gasteiger partial charge in [-0.1, -0.05) is 13.8 Å². The van der Waals surface area contributed by atoms with Crippen LogP contribution in [0.5, 0.6) is 0 Å². The molecule has 2 fully saturated rings. The van der Waals surface area contributed by atoms with Crippen molar-refractivity contribution in [3.63, 3.8) is 0 Å². The SMILES string of the molecule is CC12CCC3C(=C1O2)C3(C)C. The van der Waals surface area contributed by atoms with Crippen molar-refractivity contribution >= 4 is 0 Å². The van der Waals surface area contributed by atoms with Gasteiger partial charge in [-0.25, -0.2) is 0 Å². The Bertz CT molecular complexity index is 275. The molecule has 3 aliphatic rings. The van der Waals surface area contributed by atoms with Gasteiger partial charge < -0.3 is 4.74 Å². The van der Waals surface area contributed by atoms with Crippen molar-refractivity contribution in [2.75, 3.05) is 0 Å². The number of allylic oxidation sites excluding steroid dienone is 1. The van der Waals surface area contributed by atoms with E-state index in [1.165, 1.54) is 18.6 Å². The number of hydrogen-bond donors (Lipinski definition) is 0. The lowest BCUT2D eigenvalue weighted by Crippen LogP contribution is -2.06. The quantitative estimate of drug-likeness (QED) is 0.483. The van der Waals surface area contributed by atoms with Gasteiger partial charge >= 0.3 is 0 Å². The minimum Gasteiger partial charge on any atom is -0.480 e. The third-order valence-electron chi connectivity index (χ3n) is 3.75. The maximum Gasteiger partial charge on any atom is 0.162 e. The number of fused-ring (bicyclic) bond motifs is 2. The summed E-state index contributed by atoms with van der Waals surface area (Å²) in [5, 5.41) is 0. The van der Waals surface area contributed by atoms with E-state index in [1.54, 1.807) is 5.57 Å². The normalized spacial score (nSPS) is 49.2. The average Bonchev–Trinajstić information content (AvgIpc) is 2.69. The molecule has 1 nitrogen and oxygen atoms in total. The van der Waals surface area contributed by atoms with Crippen LogP contribution >= 0.6 is 0 Å². The second kappa shape index (κ2) is 1.26. The molecule has 2 atom stereocenters. The Hall–Kier alpha value is -0.460. The van der Waals surface area contributed by atoms with Crippen LogP contribution in [0.15, 0.2) is 11.3 Å². The molecule has 11 heavy (non-hydrogen) atoms. The van der Waals surface area contributed by atoms with Gasteiger partial charge in [-0.2, -0.15) is 0 Å². The molecular formula is C10H14O. The Morgan fingerprint density at radius 2 is 2.09 bits per heavy atom. The van der Waals surface area contributed by atoms with Gasteiger partial charge in [0.2, 0.25) is 0 Å². The van der Waals surface area contributed by atoms with E-state index in [4.69, 9.17) is 4.74 Å². The standard InChI is InChI=1S/C10H14O/c1-9(2)6-4-5-10(3)8(11-10)7(6)9/h6H,4-5H2,1-3H3. The van der Waals surface area contributed by atoms with Crippen molar-refractivity contribution in [1.29, 1.82) is 0 Å². The molecule has 60 valence electrons.